The highest BCUT2D eigenvalue weighted by molar-refractivity contribution is 5.92. The minimum absolute atomic E-state index is 0.0699. The van der Waals surface area contributed by atoms with Crippen LogP contribution in [0.5, 0.6) is 5.75 Å². The molecule has 0 aliphatic rings. The lowest BCUT2D eigenvalue weighted by Gasteiger charge is -2.27. The Morgan fingerprint density at radius 1 is 1.43 bits per heavy atom. The number of rotatable bonds is 7. The predicted molar refractivity (Wildman–Crippen MR) is 85.1 cm³/mol. The van der Waals surface area contributed by atoms with E-state index in [0.717, 1.165) is 11.3 Å². The number of ether oxygens (including phenoxy) is 1. The van der Waals surface area contributed by atoms with Crippen LogP contribution < -0.4 is 10.1 Å². The summed E-state index contributed by atoms with van der Waals surface area (Å²) in [5.41, 5.74) is -0.0580. The third kappa shape index (κ3) is 5.60. The summed E-state index contributed by atoms with van der Waals surface area (Å²) in [4.78, 5) is 11.8. The molecule has 1 amide bonds. The Morgan fingerprint density at radius 2 is 2.10 bits per heavy atom. The predicted octanol–water partition coefficient (Wildman–Crippen LogP) is 2.62. The van der Waals surface area contributed by atoms with Gasteiger partial charge in [-0.25, -0.2) is 0 Å². The number of hydrogen-bond acceptors (Lipinski definition) is 3. The minimum Gasteiger partial charge on any atom is -0.493 e. The summed E-state index contributed by atoms with van der Waals surface area (Å²) in [6, 6.07) is 7.54. The van der Waals surface area contributed by atoms with E-state index in [1.807, 2.05) is 45.0 Å². The molecular weight excluding hydrogens is 266 g/mol. The molecule has 0 fully saturated rings. The molecule has 4 nitrogen and oxygen atoms in total. The molecule has 0 aromatic heterocycles. The molecule has 1 atom stereocenters. The van der Waals surface area contributed by atoms with Gasteiger partial charge in [0.25, 0.3) is 0 Å². The van der Waals surface area contributed by atoms with E-state index in [-0.39, 0.29) is 18.4 Å². The topological polar surface area (TPSA) is 58.6 Å². The number of carbonyl (C=O) groups is 1. The summed E-state index contributed by atoms with van der Waals surface area (Å²) in [6.45, 7) is 8.27. The molecule has 116 valence electrons. The average Bonchev–Trinajstić information content (AvgIpc) is 2.44. The van der Waals surface area contributed by atoms with Gasteiger partial charge < -0.3 is 15.2 Å². The molecule has 0 saturated carbocycles. The lowest BCUT2D eigenvalue weighted by molar-refractivity contribution is -0.118. The maximum Gasteiger partial charge on any atom is 0.244 e. The standard InChI is InChI=1S/C17H25NO3/c1-5-21-15-9-7-6-8-14(15)10-11-16(19)18-12-17(4,20)13(2)3/h6-11,13,20H,5,12H2,1-4H3,(H,18,19). The first-order chi connectivity index (χ1) is 9.86. The molecule has 0 radical (unpaired) electrons. The molecule has 21 heavy (non-hydrogen) atoms. The van der Waals surface area contributed by atoms with Gasteiger partial charge in [-0.1, -0.05) is 32.0 Å². The van der Waals surface area contributed by atoms with Crippen molar-refractivity contribution in [2.24, 2.45) is 5.92 Å². The van der Waals surface area contributed by atoms with Gasteiger partial charge in [-0.3, -0.25) is 4.79 Å². The number of nitrogens with one attached hydrogen (secondary N) is 1. The van der Waals surface area contributed by atoms with Crippen molar-refractivity contribution in [3.05, 3.63) is 35.9 Å². The fourth-order valence-electron chi connectivity index (χ4n) is 1.60. The summed E-state index contributed by atoms with van der Waals surface area (Å²) in [6.07, 6.45) is 3.17. The maximum absolute atomic E-state index is 11.8. The Morgan fingerprint density at radius 3 is 2.71 bits per heavy atom. The normalized spacial score (nSPS) is 14.2. The van der Waals surface area contributed by atoms with Gasteiger partial charge in [-0.05, 0) is 31.9 Å². The Bertz CT molecular complexity index is 493. The molecule has 1 aromatic rings. The monoisotopic (exact) mass is 291 g/mol. The lowest BCUT2D eigenvalue weighted by Crippen LogP contribution is -2.43. The first kappa shape index (κ1) is 17.2. The molecule has 1 rings (SSSR count). The van der Waals surface area contributed by atoms with Crippen molar-refractivity contribution in [3.8, 4) is 5.75 Å². The molecule has 0 saturated heterocycles. The Balaban J connectivity index is 2.63. The highest BCUT2D eigenvalue weighted by Gasteiger charge is 2.24. The van der Waals surface area contributed by atoms with E-state index in [1.165, 1.54) is 6.08 Å². The zero-order valence-electron chi connectivity index (χ0n) is 13.2. The second-order valence-electron chi connectivity index (χ2n) is 5.53. The molecule has 1 aromatic carbocycles. The van der Waals surface area contributed by atoms with E-state index < -0.39 is 5.60 Å². The molecule has 0 aliphatic carbocycles. The van der Waals surface area contributed by atoms with Crippen LogP contribution in [0.2, 0.25) is 0 Å². The molecule has 0 spiro atoms. The SMILES string of the molecule is CCOc1ccccc1C=CC(=O)NCC(C)(O)C(C)C. The smallest absolute Gasteiger partial charge is 0.244 e. The van der Waals surface area contributed by atoms with Crippen LogP contribution in [0, 0.1) is 5.92 Å². The fourth-order valence-corrected chi connectivity index (χ4v) is 1.60. The van der Waals surface area contributed by atoms with Crippen LogP contribution in [0.4, 0.5) is 0 Å². The number of hydrogen-bond donors (Lipinski definition) is 2. The fraction of sp³-hybridized carbons (Fsp3) is 0.471. The van der Waals surface area contributed by atoms with Gasteiger partial charge in [0.05, 0.1) is 12.2 Å². The van der Waals surface area contributed by atoms with Crippen molar-refractivity contribution in [2.75, 3.05) is 13.2 Å². The van der Waals surface area contributed by atoms with E-state index in [4.69, 9.17) is 4.74 Å². The summed E-state index contributed by atoms with van der Waals surface area (Å²) in [5, 5.41) is 12.8. The van der Waals surface area contributed by atoms with E-state index >= 15 is 0 Å². The second kappa shape index (κ2) is 7.84. The van der Waals surface area contributed by atoms with Crippen LogP contribution in [0.3, 0.4) is 0 Å². The lowest BCUT2D eigenvalue weighted by atomic mass is 9.92. The van der Waals surface area contributed by atoms with Gasteiger partial charge >= 0.3 is 0 Å². The summed E-state index contributed by atoms with van der Waals surface area (Å²) < 4.78 is 5.49. The third-order valence-electron chi connectivity index (χ3n) is 3.50. The van der Waals surface area contributed by atoms with E-state index in [1.54, 1.807) is 13.0 Å². The Kier molecular flexibility index (Phi) is 6.43. The van der Waals surface area contributed by atoms with Crippen LogP contribution in [0.15, 0.2) is 30.3 Å². The van der Waals surface area contributed by atoms with Gasteiger partial charge in [-0.15, -0.1) is 0 Å². The highest BCUT2D eigenvalue weighted by atomic mass is 16.5. The number of carbonyl (C=O) groups excluding carboxylic acids is 1. The number of aliphatic hydroxyl groups is 1. The largest absolute Gasteiger partial charge is 0.493 e. The Labute approximate surface area is 126 Å². The van der Waals surface area contributed by atoms with Crippen LogP contribution in [0.25, 0.3) is 6.08 Å². The highest BCUT2D eigenvalue weighted by Crippen LogP contribution is 2.19. The molecular formula is C17H25NO3. The van der Waals surface area contributed by atoms with Crippen molar-refractivity contribution < 1.29 is 14.6 Å². The average molecular weight is 291 g/mol. The van der Waals surface area contributed by atoms with Gasteiger partial charge in [-0.2, -0.15) is 0 Å². The van der Waals surface area contributed by atoms with Crippen LogP contribution in [-0.2, 0) is 4.79 Å². The van der Waals surface area contributed by atoms with Crippen molar-refractivity contribution in [2.45, 2.75) is 33.3 Å². The molecule has 1 unspecified atom stereocenters. The molecule has 0 bridgehead atoms. The number of amides is 1. The van der Waals surface area contributed by atoms with E-state index in [9.17, 15) is 9.90 Å². The van der Waals surface area contributed by atoms with Crippen molar-refractivity contribution in [1.29, 1.82) is 0 Å². The maximum atomic E-state index is 11.8. The van der Waals surface area contributed by atoms with Crippen molar-refractivity contribution in [1.82, 2.24) is 5.32 Å². The number of para-hydroxylation sites is 1. The zero-order chi connectivity index (χ0) is 15.9. The van der Waals surface area contributed by atoms with Crippen molar-refractivity contribution in [3.63, 3.8) is 0 Å². The van der Waals surface area contributed by atoms with Crippen molar-refractivity contribution >= 4 is 12.0 Å². The van der Waals surface area contributed by atoms with E-state index in [0.29, 0.717) is 6.61 Å². The molecule has 4 heteroatoms. The first-order valence-corrected chi connectivity index (χ1v) is 7.27. The Hall–Kier alpha value is -1.81. The van der Waals surface area contributed by atoms with Gasteiger partial charge in [0.1, 0.15) is 5.75 Å². The summed E-state index contributed by atoms with van der Waals surface area (Å²) in [7, 11) is 0. The number of benzene rings is 1. The van der Waals surface area contributed by atoms with Gasteiger partial charge in [0.2, 0.25) is 5.91 Å². The summed E-state index contributed by atoms with van der Waals surface area (Å²) >= 11 is 0. The summed E-state index contributed by atoms with van der Waals surface area (Å²) in [5.74, 6) is 0.584. The van der Waals surface area contributed by atoms with Gasteiger partial charge in [0.15, 0.2) is 0 Å². The quantitative estimate of drug-likeness (QED) is 0.759. The zero-order valence-corrected chi connectivity index (χ0v) is 13.2. The van der Waals surface area contributed by atoms with Crippen LogP contribution >= 0.6 is 0 Å². The second-order valence-corrected chi connectivity index (χ2v) is 5.53. The minimum atomic E-state index is -0.910. The van der Waals surface area contributed by atoms with Gasteiger partial charge in [0, 0.05) is 18.2 Å². The van der Waals surface area contributed by atoms with Crippen LogP contribution in [-0.4, -0.2) is 29.8 Å². The molecule has 0 heterocycles. The molecule has 0 aliphatic heterocycles. The first-order valence-electron chi connectivity index (χ1n) is 7.27. The third-order valence-corrected chi connectivity index (χ3v) is 3.50. The van der Waals surface area contributed by atoms with Crippen LogP contribution in [0.1, 0.15) is 33.3 Å². The molecule has 2 N–H and O–H groups in total. The van der Waals surface area contributed by atoms with E-state index in [2.05, 4.69) is 5.32 Å².